The van der Waals surface area contributed by atoms with Gasteiger partial charge in [0.05, 0.1) is 11.4 Å². The van der Waals surface area contributed by atoms with Gasteiger partial charge in [-0.15, -0.1) is 11.3 Å². The Morgan fingerprint density at radius 1 is 1.14 bits per heavy atom. The van der Waals surface area contributed by atoms with Crippen LogP contribution in [0.1, 0.15) is 10.4 Å². The van der Waals surface area contributed by atoms with Gasteiger partial charge < -0.3 is 5.32 Å². The Hall–Kier alpha value is -2.40. The minimum absolute atomic E-state index is 0.0544. The molecule has 0 saturated carbocycles. The Labute approximate surface area is 127 Å². The molecule has 0 bridgehead atoms. The van der Waals surface area contributed by atoms with E-state index in [1.165, 1.54) is 0 Å². The van der Waals surface area contributed by atoms with Gasteiger partial charge in [0.25, 0.3) is 5.91 Å². The predicted molar refractivity (Wildman–Crippen MR) is 84.3 cm³/mol. The van der Waals surface area contributed by atoms with E-state index < -0.39 is 0 Å². The number of carbonyl (C=O) groups is 1. The third-order valence-electron chi connectivity index (χ3n) is 3.08. The molecular formula is C16H15N3OS. The highest BCUT2D eigenvalue weighted by atomic mass is 32.1. The monoisotopic (exact) mass is 297 g/mol. The fourth-order valence-corrected chi connectivity index (χ4v) is 2.71. The first-order chi connectivity index (χ1) is 10.3. The molecule has 21 heavy (non-hydrogen) atoms. The van der Waals surface area contributed by atoms with Crippen LogP contribution in [-0.4, -0.2) is 22.2 Å². The molecule has 4 nitrogen and oxygen atoms in total. The Morgan fingerprint density at radius 2 is 2.00 bits per heavy atom. The second kappa shape index (κ2) is 6.37. The lowest BCUT2D eigenvalue weighted by Crippen LogP contribution is -2.27. The molecule has 0 aliphatic carbocycles. The Balaban J connectivity index is 1.53. The number of carbonyl (C=O) groups excluding carboxylic acids is 1. The number of benzene rings is 1. The fourth-order valence-electron chi connectivity index (χ4n) is 2.02. The number of rotatable bonds is 5. The molecule has 1 N–H and O–H groups in total. The van der Waals surface area contributed by atoms with Gasteiger partial charge in [0.15, 0.2) is 0 Å². The summed E-state index contributed by atoms with van der Waals surface area (Å²) in [5.74, 6) is -0.0544. The molecule has 2 aromatic heterocycles. The van der Waals surface area contributed by atoms with E-state index in [4.69, 9.17) is 0 Å². The van der Waals surface area contributed by atoms with Crippen LogP contribution in [0.5, 0.6) is 0 Å². The molecular weight excluding hydrogens is 282 g/mol. The Morgan fingerprint density at radius 3 is 2.76 bits per heavy atom. The Bertz CT molecular complexity index is 704. The van der Waals surface area contributed by atoms with E-state index >= 15 is 0 Å². The number of nitrogens with one attached hydrogen (secondary N) is 1. The van der Waals surface area contributed by atoms with Crippen molar-refractivity contribution >= 4 is 17.2 Å². The number of thiophene rings is 1. The van der Waals surface area contributed by atoms with Gasteiger partial charge in [-0.1, -0.05) is 24.3 Å². The molecule has 3 aromatic rings. The lowest BCUT2D eigenvalue weighted by molar-refractivity contribution is 0.0952. The van der Waals surface area contributed by atoms with E-state index in [2.05, 4.69) is 16.5 Å². The summed E-state index contributed by atoms with van der Waals surface area (Å²) < 4.78 is 1.85. The molecule has 0 saturated heterocycles. The number of amides is 1. The lowest BCUT2D eigenvalue weighted by Gasteiger charge is -2.05. The van der Waals surface area contributed by atoms with Crippen LogP contribution in [0.3, 0.4) is 0 Å². The number of nitrogens with zero attached hydrogens (tertiary/aromatic N) is 2. The van der Waals surface area contributed by atoms with E-state index in [0.29, 0.717) is 18.7 Å². The second-order valence-electron chi connectivity index (χ2n) is 4.56. The fraction of sp³-hybridized carbons (Fsp3) is 0.125. The average Bonchev–Trinajstić information content (AvgIpc) is 3.19. The molecule has 1 amide bonds. The molecule has 3 rings (SSSR count). The van der Waals surface area contributed by atoms with Crippen molar-refractivity contribution in [2.24, 2.45) is 0 Å². The largest absolute Gasteiger partial charge is 0.350 e. The van der Waals surface area contributed by atoms with Gasteiger partial charge in [0.1, 0.15) is 5.69 Å². The molecule has 0 spiro atoms. The summed E-state index contributed by atoms with van der Waals surface area (Å²) in [6.07, 6.45) is 1.93. The van der Waals surface area contributed by atoms with Crippen molar-refractivity contribution in [3.8, 4) is 10.6 Å². The zero-order valence-corrected chi connectivity index (χ0v) is 12.2. The first kappa shape index (κ1) is 13.6. The molecule has 0 aliphatic rings. The van der Waals surface area contributed by atoms with Crippen LogP contribution in [0.25, 0.3) is 10.6 Å². The number of hydrogen-bond acceptors (Lipinski definition) is 3. The van der Waals surface area contributed by atoms with Crippen molar-refractivity contribution in [1.29, 1.82) is 0 Å². The van der Waals surface area contributed by atoms with Crippen LogP contribution in [0.2, 0.25) is 0 Å². The molecule has 1 aromatic carbocycles. The molecule has 0 unspecified atom stereocenters. The summed E-state index contributed by atoms with van der Waals surface area (Å²) in [5, 5.41) is 9.43. The van der Waals surface area contributed by atoms with E-state index in [0.717, 1.165) is 10.6 Å². The molecule has 5 heteroatoms. The second-order valence-corrected chi connectivity index (χ2v) is 5.51. The lowest BCUT2D eigenvalue weighted by atomic mass is 10.2. The summed E-state index contributed by atoms with van der Waals surface area (Å²) in [4.78, 5) is 13.0. The maximum atomic E-state index is 11.9. The van der Waals surface area contributed by atoms with Gasteiger partial charge in [0, 0.05) is 18.3 Å². The predicted octanol–water partition coefficient (Wildman–Crippen LogP) is 3.04. The number of hydrogen-bond donors (Lipinski definition) is 1. The van der Waals surface area contributed by atoms with Crippen molar-refractivity contribution in [3.63, 3.8) is 0 Å². The highest BCUT2D eigenvalue weighted by Crippen LogP contribution is 2.22. The zero-order valence-electron chi connectivity index (χ0n) is 11.4. The van der Waals surface area contributed by atoms with E-state index in [1.807, 2.05) is 46.6 Å². The first-order valence-corrected chi connectivity index (χ1v) is 7.61. The SMILES string of the molecule is O=C(NCCn1ccc(-c2cccs2)n1)c1ccccc1. The van der Waals surface area contributed by atoms with Crippen molar-refractivity contribution in [2.45, 2.75) is 6.54 Å². The summed E-state index contributed by atoms with van der Waals surface area (Å²) >= 11 is 1.67. The minimum Gasteiger partial charge on any atom is -0.350 e. The van der Waals surface area contributed by atoms with Gasteiger partial charge >= 0.3 is 0 Å². The van der Waals surface area contributed by atoms with E-state index in [9.17, 15) is 4.79 Å². The maximum Gasteiger partial charge on any atom is 0.251 e. The van der Waals surface area contributed by atoms with Crippen LogP contribution in [-0.2, 0) is 6.54 Å². The maximum absolute atomic E-state index is 11.9. The third kappa shape index (κ3) is 3.38. The third-order valence-corrected chi connectivity index (χ3v) is 3.97. The molecule has 0 atom stereocenters. The number of aromatic nitrogens is 2. The smallest absolute Gasteiger partial charge is 0.251 e. The van der Waals surface area contributed by atoms with E-state index in [-0.39, 0.29) is 5.91 Å². The van der Waals surface area contributed by atoms with Crippen LogP contribution < -0.4 is 5.32 Å². The summed E-state index contributed by atoms with van der Waals surface area (Å²) in [6.45, 7) is 1.21. The van der Waals surface area contributed by atoms with Crippen molar-refractivity contribution in [3.05, 3.63) is 65.7 Å². The normalized spacial score (nSPS) is 10.5. The highest BCUT2D eigenvalue weighted by Gasteiger charge is 2.05. The average molecular weight is 297 g/mol. The quantitative estimate of drug-likeness (QED) is 0.787. The van der Waals surface area contributed by atoms with Crippen molar-refractivity contribution < 1.29 is 4.79 Å². The molecule has 106 valence electrons. The van der Waals surface area contributed by atoms with Crippen LogP contribution >= 0.6 is 11.3 Å². The highest BCUT2D eigenvalue weighted by molar-refractivity contribution is 7.13. The Kier molecular flexibility index (Phi) is 4.12. The van der Waals surface area contributed by atoms with Crippen molar-refractivity contribution in [1.82, 2.24) is 15.1 Å². The van der Waals surface area contributed by atoms with Gasteiger partial charge in [-0.2, -0.15) is 5.10 Å². The minimum atomic E-state index is -0.0544. The summed E-state index contributed by atoms with van der Waals surface area (Å²) in [6, 6.07) is 15.3. The topological polar surface area (TPSA) is 46.9 Å². The molecule has 0 fully saturated rings. The van der Waals surface area contributed by atoms with Gasteiger partial charge in [-0.25, -0.2) is 0 Å². The van der Waals surface area contributed by atoms with Crippen LogP contribution in [0.4, 0.5) is 0 Å². The summed E-state index contributed by atoms with van der Waals surface area (Å²) in [5.41, 5.74) is 1.65. The molecule has 0 aliphatic heterocycles. The van der Waals surface area contributed by atoms with Gasteiger partial charge in [-0.05, 0) is 29.6 Å². The van der Waals surface area contributed by atoms with Crippen molar-refractivity contribution in [2.75, 3.05) is 6.54 Å². The van der Waals surface area contributed by atoms with E-state index in [1.54, 1.807) is 23.5 Å². The molecule has 2 heterocycles. The standard InChI is InChI=1S/C16H15N3OS/c20-16(13-5-2-1-3-6-13)17-9-11-19-10-8-14(18-19)15-7-4-12-21-15/h1-8,10,12H,9,11H2,(H,17,20). The van der Waals surface area contributed by atoms with Gasteiger partial charge in [0.2, 0.25) is 0 Å². The summed E-state index contributed by atoms with van der Waals surface area (Å²) in [7, 11) is 0. The first-order valence-electron chi connectivity index (χ1n) is 6.73. The van der Waals surface area contributed by atoms with Crippen LogP contribution in [0, 0.1) is 0 Å². The van der Waals surface area contributed by atoms with Crippen LogP contribution in [0.15, 0.2) is 60.1 Å². The van der Waals surface area contributed by atoms with Gasteiger partial charge in [-0.3, -0.25) is 9.48 Å². The zero-order chi connectivity index (χ0) is 14.5. The molecule has 0 radical (unpaired) electrons.